The summed E-state index contributed by atoms with van der Waals surface area (Å²) in [6, 6.07) is 13.4. The Morgan fingerprint density at radius 3 is 2.18 bits per heavy atom. The number of sulfonamides is 1. The molecule has 55 heavy (non-hydrogen) atoms. The van der Waals surface area contributed by atoms with Crippen LogP contribution in [0.3, 0.4) is 0 Å². The molecule has 294 valence electrons. The fourth-order valence-corrected chi connectivity index (χ4v) is 7.56. The molecular formula is C39H43ClF3N5O6S. The third-order valence-electron chi connectivity index (χ3n) is 10.8. The summed E-state index contributed by atoms with van der Waals surface area (Å²) in [4.78, 5) is 52.8. The van der Waals surface area contributed by atoms with E-state index in [0.29, 0.717) is 41.8 Å². The Labute approximate surface area is 323 Å². The minimum atomic E-state index is -4.60. The van der Waals surface area contributed by atoms with Gasteiger partial charge in [0.15, 0.2) is 12.4 Å². The van der Waals surface area contributed by atoms with Gasteiger partial charge >= 0.3 is 12.2 Å². The van der Waals surface area contributed by atoms with Crippen molar-refractivity contribution in [2.45, 2.75) is 95.0 Å². The molecule has 1 heterocycles. The average molecular weight is 802 g/mol. The molecule has 0 aliphatic heterocycles. The van der Waals surface area contributed by atoms with Crippen molar-refractivity contribution in [2.24, 2.45) is 16.7 Å². The number of nitrogens with zero attached hydrogens (tertiary/aromatic N) is 3. The Morgan fingerprint density at radius 2 is 1.64 bits per heavy atom. The van der Waals surface area contributed by atoms with Crippen LogP contribution in [0.1, 0.15) is 99.4 Å². The van der Waals surface area contributed by atoms with E-state index < -0.39 is 55.8 Å². The molecule has 0 spiro atoms. The topological polar surface area (TPSA) is 157 Å². The lowest BCUT2D eigenvalue weighted by molar-refractivity contribution is -0.154. The molecule has 11 nitrogen and oxygen atoms in total. The quantitative estimate of drug-likeness (QED) is 0.105. The second-order valence-corrected chi connectivity index (χ2v) is 18.8. The van der Waals surface area contributed by atoms with Gasteiger partial charge in [-0.1, -0.05) is 54.1 Å². The standard InChI is InChI=1S/C39H43ClF3N5O6S/c1-5-26-21-37(26,32(51)48-55(52,53)35(2,3)4)22-30(50)36(16-17-36)15-14-29(49)25-8-6-24(7-9-25)20-31-44-33(46-34(45-31)54-23-39(41,42)43)47-38(18-19-38)27-10-12-28(40)13-11-27/h5-13,26H,1,14-23H2,2-4H3,(H,48,51)(H,44,45,46,47)/t26-,37-/m1/s1. The second kappa shape index (κ2) is 14.6. The normalized spacial score (nSPS) is 20.9. The van der Waals surface area contributed by atoms with E-state index in [-0.39, 0.29) is 48.5 Å². The lowest BCUT2D eigenvalue weighted by Crippen LogP contribution is -2.46. The minimum absolute atomic E-state index is 0.0631. The fraction of sp³-hybridized carbons (Fsp3) is 0.487. The van der Waals surface area contributed by atoms with E-state index in [2.05, 4.69) is 31.6 Å². The van der Waals surface area contributed by atoms with Gasteiger partial charge in [-0.15, -0.1) is 6.58 Å². The molecule has 2 atom stereocenters. The largest absolute Gasteiger partial charge is 0.454 e. The van der Waals surface area contributed by atoms with Crippen LogP contribution >= 0.6 is 11.6 Å². The van der Waals surface area contributed by atoms with Crippen LogP contribution in [0, 0.1) is 16.7 Å². The Balaban J connectivity index is 1.09. The number of aromatic nitrogens is 3. The van der Waals surface area contributed by atoms with E-state index in [1.165, 1.54) is 20.8 Å². The fourth-order valence-electron chi connectivity index (χ4n) is 6.68. The number of carbonyl (C=O) groups is 3. The highest BCUT2D eigenvalue weighted by molar-refractivity contribution is 7.91. The van der Waals surface area contributed by atoms with Crippen molar-refractivity contribution in [2.75, 3.05) is 11.9 Å². The number of anilines is 1. The summed E-state index contributed by atoms with van der Waals surface area (Å²) in [5.41, 5.74) is -0.408. The van der Waals surface area contributed by atoms with Gasteiger partial charge in [-0.3, -0.25) is 19.1 Å². The third-order valence-corrected chi connectivity index (χ3v) is 13.1. The summed E-state index contributed by atoms with van der Waals surface area (Å²) >= 11 is 6.05. The van der Waals surface area contributed by atoms with Crippen LogP contribution in [0.15, 0.2) is 61.2 Å². The first-order valence-corrected chi connectivity index (χ1v) is 19.9. The highest BCUT2D eigenvalue weighted by Gasteiger charge is 2.63. The lowest BCUT2D eigenvalue weighted by atomic mass is 9.84. The number of halogens is 4. The lowest BCUT2D eigenvalue weighted by Gasteiger charge is -2.24. The maximum Gasteiger partial charge on any atom is 0.422 e. The number of Topliss-reactive ketones (excluding diaryl/α,β-unsaturated/α-hetero) is 2. The van der Waals surface area contributed by atoms with Crippen molar-refractivity contribution in [3.63, 3.8) is 0 Å². The summed E-state index contributed by atoms with van der Waals surface area (Å²) in [6.45, 7) is 6.63. The predicted molar refractivity (Wildman–Crippen MR) is 199 cm³/mol. The second-order valence-electron chi connectivity index (χ2n) is 15.9. The Hall–Kier alpha value is -4.37. The summed E-state index contributed by atoms with van der Waals surface area (Å²) in [5.74, 6) is -1.15. The summed E-state index contributed by atoms with van der Waals surface area (Å²) in [6.07, 6.45) is 0.310. The molecule has 3 fully saturated rings. The number of ether oxygens (including phenoxy) is 1. The Kier molecular flexibility index (Phi) is 10.7. The van der Waals surface area contributed by atoms with Gasteiger partial charge in [0.1, 0.15) is 11.6 Å². The molecular weight excluding hydrogens is 759 g/mol. The molecule has 0 bridgehead atoms. The average Bonchev–Trinajstić information content (AvgIpc) is 4.02. The van der Waals surface area contributed by atoms with E-state index in [4.69, 9.17) is 16.3 Å². The molecule has 0 radical (unpaired) electrons. The van der Waals surface area contributed by atoms with Crippen molar-refractivity contribution in [1.29, 1.82) is 0 Å². The van der Waals surface area contributed by atoms with Crippen LogP contribution in [0.5, 0.6) is 6.01 Å². The predicted octanol–water partition coefficient (Wildman–Crippen LogP) is 7.30. The van der Waals surface area contributed by atoms with Crippen LogP contribution in [-0.4, -0.2) is 58.4 Å². The number of hydrogen-bond donors (Lipinski definition) is 2. The van der Waals surface area contributed by atoms with Crippen molar-refractivity contribution in [3.8, 4) is 6.01 Å². The van der Waals surface area contributed by atoms with Crippen LogP contribution in [-0.2, 0) is 31.6 Å². The highest BCUT2D eigenvalue weighted by Crippen LogP contribution is 2.60. The van der Waals surface area contributed by atoms with Gasteiger partial charge in [0.05, 0.1) is 15.7 Å². The first-order chi connectivity index (χ1) is 25.7. The molecule has 1 amide bonds. The number of allylic oxidation sites excluding steroid dienone is 1. The van der Waals surface area contributed by atoms with Gasteiger partial charge in [-0.05, 0) is 88.5 Å². The maximum absolute atomic E-state index is 13.6. The van der Waals surface area contributed by atoms with Crippen LogP contribution in [0.2, 0.25) is 5.02 Å². The number of nitrogens with one attached hydrogen (secondary N) is 2. The first-order valence-electron chi connectivity index (χ1n) is 18.0. The van der Waals surface area contributed by atoms with Crippen molar-refractivity contribution < 1.29 is 40.7 Å². The first kappa shape index (κ1) is 40.3. The number of alkyl halides is 3. The molecule has 2 N–H and O–H groups in total. The van der Waals surface area contributed by atoms with Crippen LogP contribution < -0.4 is 14.8 Å². The smallest absolute Gasteiger partial charge is 0.422 e. The van der Waals surface area contributed by atoms with Gasteiger partial charge < -0.3 is 10.1 Å². The summed E-state index contributed by atoms with van der Waals surface area (Å²) in [7, 11) is -3.98. The number of benzene rings is 2. The Morgan fingerprint density at radius 1 is 0.982 bits per heavy atom. The van der Waals surface area contributed by atoms with Gasteiger partial charge in [0.25, 0.3) is 0 Å². The SMILES string of the molecule is C=C[C@@H]1C[C@]1(CC(=O)C1(CCC(=O)c2ccc(Cc3nc(NC4(c5ccc(Cl)cc5)CC4)nc(OCC(F)(F)F)n3)cc2)CC1)C(=O)NS(=O)(=O)C(C)(C)C. The van der Waals surface area contributed by atoms with E-state index in [1.807, 2.05) is 12.1 Å². The van der Waals surface area contributed by atoms with E-state index in [9.17, 15) is 36.0 Å². The van der Waals surface area contributed by atoms with Gasteiger partial charge in [-0.25, -0.2) is 8.42 Å². The summed E-state index contributed by atoms with van der Waals surface area (Å²) < 4.78 is 70.2. The van der Waals surface area contributed by atoms with Crippen molar-refractivity contribution >= 4 is 45.0 Å². The highest BCUT2D eigenvalue weighted by atomic mass is 35.5. The van der Waals surface area contributed by atoms with E-state index >= 15 is 0 Å². The zero-order chi connectivity index (χ0) is 40.0. The van der Waals surface area contributed by atoms with Gasteiger partial charge in [0, 0.05) is 35.3 Å². The molecule has 0 saturated heterocycles. The van der Waals surface area contributed by atoms with Crippen molar-refractivity contribution in [3.05, 3.63) is 88.7 Å². The molecule has 1 aromatic heterocycles. The molecule has 3 aliphatic carbocycles. The molecule has 6 rings (SSSR count). The van der Waals surface area contributed by atoms with Gasteiger partial charge in [-0.2, -0.15) is 28.1 Å². The molecule has 3 aromatic rings. The monoisotopic (exact) mass is 801 g/mol. The molecule has 16 heteroatoms. The van der Waals surface area contributed by atoms with Crippen LogP contribution in [0.4, 0.5) is 19.1 Å². The van der Waals surface area contributed by atoms with Crippen LogP contribution in [0.25, 0.3) is 0 Å². The van der Waals surface area contributed by atoms with E-state index in [0.717, 1.165) is 18.4 Å². The zero-order valence-corrected chi connectivity index (χ0v) is 32.3. The molecule has 3 aliphatic rings. The number of carbonyl (C=O) groups excluding carboxylic acids is 3. The molecule has 0 unspecified atom stereocenters. The van der Waals surface area contributed by atoms with E-state index in [1.54, 1.807) is 42.5 Å². The number of amides is 1. The number of hydrogen-bond acceptors (Lipinski definition) is 10. The minimum Gasteiger partial charge on any atom is -0.454 e. The molecule has 3 saturated carbocycles. The van der Waals surface area contributed by atoms with Crippen molar-refractivity contribution in [1.82, 2.24) is 19.7 Å². The molecule has 2 aromatic carbocycles. The third kappa shape index (κ3) is 9.20. The maximum atomic E-state index is 13.6. The zero-order valence-electron chi connectivity index (χ0n) is 30.8. The number of rotatable bonds is 17. The summed E-state index contributed by atoms with van der Waals surface area (Å²) in [5, 5.41) is 3.82. The van der Waals surface area contributed by atoms with Gasteiger partial charge in [0.2, 0.25) is 21.9 Å². The number of ketones is 2. The Bertz CT molecular complexity index is 2100.